The lowest BCUT2D eigenvalue weighted by atomic mass is 9.75. The molecular formula is C37H47BF3N3O5. The monoisotopic (exact) mass is 681 g/mol. The lowest BCUT2D eigenvalue weighted by Crippen LogP contribution is -2.50. The number of benzene rings is 2. The number of alkyl halides is 3. The molecule has 1 aromatic heterocycles. The van der Waals surface area contributed by atoms with Gasteiger partial charge in [0.2, 0.25) is 0 Å². The summed E-state index contributed by atoms with van der Waals surface area (Å²) in [6.45, 7) is 15.4. The van der Waals surface area contributed by atoms with Gasteiger partial charge in [0, 0.05) is 12.7 Å². The first-order valence-electron chi connectivity index (χ1n) is 16.9. The topological polar surface area (TPSA) is 98.8 Å². The zero-order valence-electron chi connectivity index (χ0n) is 29.6. The third kappa shape index (κ3) is 8.47. The molecule has 264 valence electrons. The van der Waals surface area contributed by atoms with Crippen molar-refractivity contribution in [2.45, 2.75) is 117 Å². The van der Waals surface area contributed by atoms with Gasteiger partial charge in [-0.15, -0.1) is 0 Å². The maximum absolute atomic E-state index is 13.6. The summed E-state index contributed by atoms with van der Waals surface area (Å²) in [6, 6.07) is 13.3. The van der Waals surface area contributed by atoms with E-state index < -0.39 is 47.8 Å². The summed E-state index contributed by atoms with van der Waals surface area (Å²) in [6.07, 6.45) is -0.452. The van der Waals surface area contributed by atoms with E-state index in [0.29, 0.717) is 22.2 Å². The highest BCUT2D eigenvalue weighted by Gasteiger charge is 2.58. The Kier molecular flexibility index (Phi) is 11.5. The molecule has 49 heavy (non-hydrogen) atoms. The van der Waals surface area contributed by atoms with Gasteiger partial charge in [-0.1, -0.05) is 58.0 Å². The quantitative estimate of drug-likeness (QED) is 0.198. The number of alkyl carbamates (subject to hydrolysis) is 1. The first-order valence-corrected chi connectivity index (χ1v) is 16.9. The minimum atomic E-state index is -4.55. The number of halogens is 3. The van der Waals surface area contributed by atoms with Gasteiger partial charge in [0.05, 0.1) is 22.8 Å². The maximum atomic E-state index is 13.6. The minimum Gasteiger partial charge on any atom is -0.444 e. The van der Waals surface area contributed by atoms with Gasteiger partial charge in [0.25, 0.3) is 5.91 Å². The highest BCUT2D eigenvalue weighted by molar-refractivity contribution is 6.62. The van der Waals surface area contributed by atoms with Gasteiger partial charge in [-0.2, -0.15) is 13.2 Å². The Balaban J connectivity index is 1.51. The number of nitrogens with one attached hydrogen (secondary N) is 2. The van der Waals surface area contributed by atoms with Crippen molar-refractivity contribution in [3.05, 3.63) is 83.2 Å². The van der Waals surface area contributed by atoms with Crippen LogP contribution in [0.3, 0.4) is 0 Å². The minimum absolute atomic E-state index is 0.0324. The van der Waals surface area contributed by atoms with Crippen LogP contribution in [-0.4, -0.2) is 40.9 Å². The first kappa shape index (κ1) is 37.9. The summed E-state index contributed by atoms with van der Waals surface area (Å²) in [5, 5.41) is 5.59. The molecule has 0 saturated carbocycles. The van der Waals surface area contributed by atoms with Crippen LogP contribution in [0.5, 0.6) is 0 Å². The first-order chi connectivity index (χ1) is 23.0. The van der Waals surface area contributed by atoms with E-state index in [1.807, 2.05) is 6.92 Å². The van der Waals surface area contributed by atoms with Crippen molar-refractivity contribution in [3.63, 3.8) is 0 Å². The fraction of sp³-hybridized carbons (Fsp3) is 0.486. The van der Waals surface area contributed by atoms with Crippen LogP contribution in [-0.2, 0) is 26.8 Å². The van der Waals surface area contributed by atoms with Crippen LogP contribution in [0.2, 0.25) is 0 Å². The molecule has 1 saturated heterocycles. The van der Waals surface area contributed by atoms with Crippen LogP contribution < -0.4 is 16.1 Å². The van der Waals surface area contributed by atoms with Crippen LogP contribution in [0.25, 0.3) is 11.1 Å². The Bertz CT molecular complexity index is 1600. The molecule has 8 nitrogen and oxygen atoms in total. The highest BCUT2D eigenvalue weighted by atomic mass is 19.4. The molecule has 1 fully saturated rings. The number of pyridine rings is 1. The summed E-state index contributed by atoms with van der Waals surface area (Å²) in [5.41, 5.74) is 0.590. The third-order valence-corrected chi connectivity index (χ3v) is 9.40. The zero-order valence-corrected chi connectivity index (χ0v) is 29.6. The number of nitrogens with zero attached hydrogens (tertiary/aromatic N) is 1. The number of hydrogen-bond acceptors (Lipinski definition) is 6. The van der Waals surface area contributed by atoms with Gasteiger partial charge >= 0.3 is 19.4 Å². The average molecular weight is 682 g/mol. The number of hydrogen-bond donors (Lipinski definition) is 2. The molecule has 0 aliphatic carbocycles. The number of carbonyl (C=O) groups excluding carboxylic acids is 2. The molecule has 0 radical (unpaired) electrons. The summed E-state index contributed by atoms with van der Waals surface area (Å²) in [7, 11) is -0.626. The zero-order chi connectivity index (χ0) is 36.2. The van der Waals surface area contributed by atoms with Crippen LogP contribution in [0.15, 0.2) is 60.8 Å². The van der Waals surface area contributed by atoms with Gasteiger partial charge in [0.15, 0.2) is 0 Å². The van der Waals surface area contributed by atoms with Crippen LogP contribution in [0.4, 0.5) is 18.0 Å². The van der Waals surface area contributed by atoms with Gasteiger partial charge < -0.3 is 24.7 Å². The number of carbonyl (C=O) groups is 2. The van der Waals surface area contributed by atoms with Crippen molar-refractivity contribution >= 4 is 24.6 Å². The molecule has 2 aromatic carbocycles. The smallest absolute Gasteiger partial charge is 0.444 e. The van der Waals surface area contributed by atoms with Crippen molar-refractivity contribution in [2.75, 3.05) is 0 Å². The van der Waals surface area contributed by atoms with E-state index in [1.54, 1.807) is 63.4 Å². The predicted octanol–water partition coefficient (Wildman–Crippen LogP) is 8.14. The summed E-state index contributed by atoms with van der Waals surface area (Å²) in [4.78, 5) is 29.9. The fourth-order valence-electron chi connectivity index (χ4n) is 6.59. The second-order valence-corrected chi connectivity index (χ2v) is 13.5. The molecule has 4 rings (SSSR count). The molecule has 1 aliphatic rings. The molecule has 2 heterocycles. The van der Waals surface area contributed by atoms with Gasteiger partial charge in [-0.25, -0.2) is 4.79 Å². The van der Waals surface area contributed by atoms with Crippen LogP contribution in [0.1, 0.15) is 114 Å². The summed E-state index contributed by atoms with van der Waals surface area (Å²) < 4.78 is 59.4. The average Bonchev–Trinajstić information content (AvgIpc) is 3.41. The Labute approximate surface area is 287 Å². The van der Waals surface area contributed by atoms with E-state index in [1.165, 1.54) is 6.07 Å². The molecule has 0 bridgehead atoms. The highest BCUT2D eigenvalue weighted by Crippen LogP contribution is 2.46. The normalized spacial score (nSPS) is 16.3. The van der Waals surface area contributed by atoms with Crippen LogP contribution in [0, 0.1) is 0 Å². The van der Waals surface area contributed by atoms with Crippen LogP contribution >= 0.6 is 0 Å². The maximum Gasteiger partial charge on any atom is 0.495 e. The number of ether oxygens (including phenoxy) is 1. The number of rotatable bonds is 11. The molecule has 2 N–H and O–H groups in total. The number of amides is 2. The van der Waals surface area contributed by atoms with E-state index in [2.05, 4.69) is 43.3 Å². The Morgan fingerprint density at radius 1 is 0.898 bits per heavy atom. The second-order valence-electron chi connectivity index (χ2n) is 13.5. The van der Waals surface area contributed by atoms with E-state index >= 15 is 0 Å². The number of aromatic nitrogens is 1. The lowest BCUT2D eigenvalue weighted by Gasteiger charge is -2.42. The third-order valence-electron chi connectivity index (χ3n) is 9.40. The van der Waals surface area contributed by atoms with Crippen molar-refractivity contribution < 1.29 is 36.8 Å². The molecule has 12 heteroatoms. The van der Waals surface area contributed by atoms with E-state index in [9.17, 15) is 22.8 Å². The molecule has 0 spiro atoms. The van der Waals surface area contributed by atoms with Crippen molar-refractivity contribution in [1.82, 2.24) is 15.6 Å². The second kappa shape index (κ2) is 14.9. The largest absolute Gasteiger partial charge is 0.495 e. The fourth-order valence-corrected chi connectivity index (χ4v) is 6.59. The van der Waals surface area contributed by atoms with E-state index in [-0.39, 0.29) is 18.1 Å². The van der Waals surface area contributed by atoms with Crippen molar-refractivity contribution in [3.8, 4) is 11.1 Å². The SMILES string of the molecule is CCC1(CC)OB(c2ccnc(C(=O)N[C@H](C)c3ccc(-c4cc(C(F)(F)F)ccc4CNC(=O)OC(C)(C)C)cc3)c2)OC1(CC)CC. The molecule has 0 unspecified atom stereocenters. The standard InChI is InChI=1S/C37H47BF3N3O5/c1-9-35(10-2)36(11-3,12-4)49-38(48-35)29-19-20-42-31(22-29)32(45)44-24(5)25-13-15-26(16-14-25)30-21-28(37(39,40)41)18-17-27(30)23-43-33(46)47-34(6,7)8/h13-22,24H,9-12,23H2,1-8H3,(H,43,46)(H,44,45)/t24-/m1/s1. The molecule has 1 atom stereocenters. The van der Waals surface area contributed by atoms with E-state index in [0.717, 1.165) is 43.4 Å². The Morgan fingerprint density at radius 3 is 2.02 bits per heavy atom. The summed E-state index contributed by atoms with van der Waals surface area (Å²) in [5.74, 6) is -0.390. The lowest BCUT2D eigenvalue weighted by molar-refractivity contribution is -0.137. The van der Waals surface area contributed by atoms with Crippen molar-refractivity contribution in [2.24, 2.45) is 0 Å². The van der Waals surface area contributed by atoms with Gasteiger partial charge in [0.1, 0.15) is 11.3 Å². The Morgan fingerprint density at radius 2 is 1.49 bits per heavy atom. The Hall–Kier alpha value is -3.90. The van der Waals surface area contributed by atoms with Gasteiger partial charge in [-0.3, -0.25) is 9.78 Å². The van der Waals surface area contributed by atoms with Gasteiger partial charge in [-0.05, 0) is 105 Å². The van der Waals surface area contributed by atoms with E-state index in [4.69, 9.17) is 14.0 Å². The summed E-state index contributed by atoms with van der Waals surface area (Å²) >= 11 is 0. The van der Waals surface area contributed by atoms with Crippen molar-refractivity contribution in [1.29, 1.82) is 0 Å². The molecule has 2 amide bonds. The molecular weight excluding hydrogens is 634 g/mol. The molecule has 3 aromatic rings. The predicted molar refractivity (Wildman–Crippen MR) is 184 cm³/mol. The molecule has 1 aliphatic heterocycles.